The van der Waals surface area contributed by atoms with Gasteiger partial charge in [0.25, 0.3) is 0 Å². The summed E-state index contributed by atoms with van der Waals surface area (Å²) in [6.07, 6.45) is 1.68. The Kier molecular flexibility index (Phi) is 2.37. The monoisotopic (exact) mass is 241 g/mol. The van der Waals surface area contributed by atoms with E-state index >= 15 is 0 Å². The van der Waals surface area contributed by atoms with E-state index in [4.69, 9.17) is 4.74 Å². The Morgan fingerprint density at radius 3 is 2.89 bits per heavy atom. The van der Waals surface area contributed by atoms with Crippen molar-refractivity contribution in [3.8, 4) is 22.9 Å². The number of benzene rings is 1. The molecule has 2 heterocycles. The van der Waals surface area contributed by atoms with Gasteiger partial charge in [0.05, 0.1) is 18.2 Å². The fourth-order valence-electron chi connectivity index (χ4n) is 1.81. The van der Waals surface area contributed by atoms with Crippen LogP contribution in [-0.2, 0) is 0 Å². The minimum Gasteiger partial charge on any atom is -0.507 e. The number of aromatic hydroxyl groups is 1. The molecule has 0 aliphatic carbocycles. The number of methoxy groups -OCH3 is 1. The molecule has 5 heteroatoms. The second kappa shape index (κ2) is 4.03. The number of hydrogen-bond donors (Lipinski definition) is 2. The summed E-state index contributed by atoms with van der Waals surface area (Å²) in [7, 11) is 1.56. The van der Waals surface area contributed by atoms with Gasteiger partial charge in [0.2, 0.25) is 0 Å². The van der Waals surface area contributed by atoms with E-state index in [9.17, 15) is 5.11 Å². The van der Waals surface area contributed by atoms with Crippen molar-refractivity contribution >= 4 is 11.2 Å². The maximum atomic E-state index is 9.94. The first kappa shape index (κ1) is 10.6. The van der Waals surface area contributed by atoms with Crippen molar-refractivity contribution in [3.05, 3.63) is 36.5 Å². The lowest BCUT2D eigenvalue weighted by molar-refractivity contribution is 0.408. The van der Waals surface area contributed by atoms with Crippen LogP contribution < -0.4 is 4.74 Å². The number of phenols is 1. The molecule has 3 aromatic rings. The molecule has 90 valence electrons. The first-order valence-electron chi connectivity index (χ1n) is 5.46. The molecule has 0 bridgehead atoms. The van der Waals surface area contributed by atoms with E-state index in [1.54, 1.807) is 31.5 Å². The highest BCUT2D eigenvalue weighted by atomic mass is 16.5. The molecule has 0 unspecified atom stereocenters. The normalized spacial score (nSPS) is 10.7. The summed E-state index contributed by atoms with van der Waals surface area (Å²) < 4.78 is 5.04. The predicted octanol–water partition coefficient (Wildman–Crippen LogP) is 2.34. The second-order valence-corrected chi connectivity index (χ2v) is 3.84. The molecule has 0 saturated heterocycles. The Labute approximate surface area is 103 Å². The Hall–Kier alpha value is -2.56. The van der Waals surface area contributed by atoms with Gasteiger partial charge >= 0.3 is 0 Å². The van der Waals surface area contributed by atoms with Crippen LogP contribution in [0, 0.1) is 0 Å². The largest absolute Gasteiger partial charge is 0.507 e. The van der Waals surface area contributed by atoms with Gasteiger partial charge in [0.1, 0.15) is 17.3 Å². The van der Waals surface area contributed by atoms with Gasteiger partial charge in [0.15, 0.2) is 5.65 Å². The van der Waals surface area contributed by atoms with Crippen LogP contribution in [-0.4, -0.2) is 27.2 Å². The smallest absolute Gasteiger partial charge is 0.178 e. The number of nitrogens with zero attached hydrogens (tertiary/aromatic N) is 2. The van der Waals surface area contributed by atoms with E-state index in [2.05, 4.69) is 15.0 Å². The number of nitrogens with one attached hydrogen (secondary N) is 1. The van der Waals surface area contributed by atoms with Gasteiger partial charge in [-0.2, -0.15) is 0 Å². The number of pyridine rings is 1. The third-order valence-electron chi connectivity index (χ3n) is 2.72. The number of hydrogen-bond acceptors (Lipinski definition) is 4. The number of H-pyrrole nitrogens is 1. The van der Waals surface area contributed by atoms with Crippen molar-refractivity contribution in [2.75, 3.05) is 7.11 Å². The van der Waals surface area contributed by atoms with Crippen molar-refractivity contribution in [2.24, 2.45) is 0 Å². The molecule has 0 atom stereocenters. The predicted molar refractivity (Wildman–Crippen MR) is 67.5 cm³/mol. The molecule has 0 aliphatic rings. The van der Waals surface area contributed by atoms with Crippen molar-refractivity contribution in [2.45, 2.75) is 0 Å². The van der Waals surface area contributed by atoms with Gasteiger partial charge in [-0.3, -0.25) is 0 Å². The van der Waals surface area contributed by atoms with Crippen LogP contribution in [0.25, 0.3) is 22.6 Å². The van der Waals surface area contributed by atoms with Crippen molar-refractivity contribution < 1.29 is 9.84 Å². The summed E-state index contributed by atoms with van der Waals surface area (Å²) in [5.41, 5.74) is 2.08. The molecule has 0 saturated carbocycles. The van der Waals surface area contributed by atoms with Crippen LogP contribution >= 0.6 is 0 Å². The fraction of sp³-hybridized carbons (Fsp3) is 0.0769. The Balaban J connectivity index is 2.14. The van der Waals surface area contributed by atoms with Crippen LogP contribution in [0.15, 0.2) is 36.5 Å². The lowest BCUT2D eigenvalue weighted by Gasteiger charge is -2.03. The minimum atomic E-state index is 0.119. The van der Waals surface area contributed by atoms with Crippen LogP contribution in [0.4, 0.5) is 0 Å². The van der Waals surface area contributed by atoms with E-state index in [0.717, 1.165) is 5.52 Å². The number of phenolic OH excluding ortho intramolecular Hbond substituents is 1. The first-order chi connectivity index (χ1) is 8.78. The zero-order valence-electron chi connectivity index (χ0n) is 9.71. The number of imidazole rings is 1. The van der Waals surface area contributed by atoms with Crippen LogP contribution in [0.5, 0.6) is 11.5 Å². The average Bonchev–Trinajstić information content (AvgIpc) is 2.81. The summed E-state index contributed by atoms with van der Waals surface area (Å²) in [5, 5.41) is 9.94. The number of ether oxygens (including phenoxy) is 1. The second-order valence-electron chi connectivity index (χ2n) is 3.84. The zero-order valence-corrected chi connectivity index (χ0v) is 9.71. The zero-order chi connectivity index (χ0) is 12.5. The molecule has 1 aromatic carbocycles. The number of rotatable bonds is 2. The Morgan fingerprint density at radius 2 is 2.17 bits per heavy atom. The van der Waals surface area contributed by atoms with E-state index in [0.29, 0.717) is 22.8 Å². The molecule has 0 spiro atoms. The molecular weight excluding hydrogens is 230 g/mol. The summed E-state index contributed by atoms with van der Waals surface area (Å²) >= 11 is 0. The van der Waals surface area contributed by atoms with E-state index in [-0.39, 0.29) is 5.75 Å². The molecule has 18 heavy (non-hydrogen) atoms. The van der Waals surface area contributed by atoms with Crippen molar-refractivity contribution in [3.63, 3.8) is 0 Å². The first-order valence-corrected chi connectivity index (χ1v) is 5.46. The third kappa shape index (κ3) is 1.66. The molecule has 0 amide bonds. The number of fused-ring (bicyclic) bond motifs is 1. The molecule has 0 radical (unpaired) electrons. The summed E-state index contributed by atoms with van der Waals surface area (Å²) in [6, 6.07) is 8.80. The highest BCUT2D eigenvalue weighted by Crippen LogP contribution is 2.31. The van der Waals surface area contributed by atoms with Crippen molar-refractivity contribution in [1.29, 1.82) is 0 Å². The minimum absolute atomic E-state index is 0.119. The summed E-state index contributed by atoms with van der Waals surface area (Å²) in [6.45, 7) is 0. The molecule has 5 nitrogen and oxygen atoms in total. The standard InChI is InChI=1S/C13H11N3O2/c1-18-8-4-5-9(11(17)7-8)12-15-10-3-2-6-14-13(10)16-12/h2-7,17H,1H3,(H,14,15,16). The highest BCUT2D eigenvalue weighted by molar-refractivity contribution is 5.77. The summed E-state index contributed by atoms with van der Waals surface area (Å²) in [4.78, 5) is 11.6. The summed E-state index contributed by atoms with van der Waals surface area (Å²) in [5.74, 6) is 1.31. The van der Waals surface area contributed by atoms with Crippen LogP contribution in [0.3, 0.4) is 0 Å². The van der Waals surface area contributed by atoms with Gasteiger partial charge in [-0.1, -0.05) is 0 Å². The van der Waals surface area contributed by atoms with E-state index < -0.39 is 0 Å². The molecule has 2 N–H and O–H groups in total. The Morgan fingerprint density at radius 1 is 1.28 bits per heavy atom. The van der Waals surface area contributed by atoms with E-state index in [1.165, 1.54) is 0 Å². The molecular formula is C13H11N3O2. The van der Waals surface area contributed by atoms with E-state index in [1.807, 2.05) is 12.1 Å². The SMILES string of the molecule is COc1ccc(-c2nc3ncccc3[nH]2)c(O)c1. The number of aromatic nitrogens is 3. The fourth-order valence-corrected chi connectivity index (χ4v) is 1.81. The number of aromatic amines is 1. The van der Waals surface area contributed by atoms with Crippen LogP contribution in [0.2, 0.25) is 0 Å². The van der Waals surface area contributed by atoms with Gasteiger partial charge in [0, 0.05) is 12.3 Å². The topological polar surface area (TPSA) is 71.0 Å². The molecule has 0 fully saturated rings. The van der Waals surface area contributed by atoms with Crippen LogP contribution in [0.1, 0.15) is 0 Å². The maximum absolute atomic E-state index is 9.94. The molecule has 2 aromatic heterocycles. The van der Waals surface area contributed by atoms with Gasteiger partial charge in [-0.15, -0.1) is 0 Å². The van der Waals surface area contributed by atoms with Crippen molar-refractivity contribution in [1.82, 2.24) is 15.0 Å². The van der Waals surface area contributed by atoms with Gasteiger partial charge < -0.3 is 14.8 Å². The third-order valence-corrected chi connectivity index (χ3v) is 2.72. The average molecular weight is 241 g/mol. The molecule has 3 rings (SSSR count). The maximum Gasteiger partial charge on any atom is 0.178 e. The molecule has 0 aliphatic heterocycles. The van der Waals surface area contributed by atoms with Gasteiger partial charge in [-0.05, 0) is 24.3 Å². The lowest BCUT2D eigenvalue weighted by Crippen LogP contribution is -1.85. The lowest BCUT2D eigenvalue weighted by atomic mass is 10.2. The quantitative estimate of drug-likeness (QED) is 0.722. The highest BCUT2D eigenvalue weighted by Gasteiger charge is 2.10. The Bertz CT molecular complexity index is 673. The van der Waals surface area contributed by atoms with Gasteiger partial charge in [-0.25, -0.2) is 9.97 Å².